The molecule has 0 heterocycles. The monoisotopic (exact) mass is 359 g/mol. The molecule has 4 aliphatic rings. The number of para-hydroxylation sites is 1. The number of amides is 1. The van der Waals surface area contributed by atoms with Crippen LogP contribution in [0.4, 0.5) is 0 Å². The molecule has 3 N–H and O–H groups in total. The molecule has 142 valence electrons. The van der Waals surface area contributed by atoms with E-state index in [2.05, 4.69) is 5.32 Å². The summed E-state index contributed by atoms with van der Waals surface area (Å²) in [6.45, 7) is 2.07. The standard InChI is InChI=1S/C21H29NO4/c1-13-4-2-3-5-19(13)26-11-18(23)20(24)22-12-21(25)16-7-14-6-15(9-16)10-17(21)8-14/h2-5,14-18,23,25H,6-12H2,1H3,(H,22,24). The van der Waals surface area contributed by atoms with Gasteiger partial charge in [0.25, 0.3) is 5.91 Å². The van der Waals surface area contributed by atoms with Crippen molar-refractivity contribution in [2.24, 2.45) is 23.7 Å². The molecule has 1 aromatic rings. The van der Waals surface area contributed by atoms with Crippen LogP contribution in [0.2, 0.25) is 0 Å². The van der Waals surface area contributed by atoms with Crippen LogP contribution in [-0.2, 0) is 4.79 Å². The first-order valence-corrected chi connectivity index (χ1v) is 9.82. The van der Waals surface area contributed by atoms with Crippen molar-refractivity contribution in [2.75, 3.05) is 13.2 Å². The van der Waals surface area contributed by atoms with E-state index in [1.54, 1.807) is 0 Å². The van der Waals surface area contributed by atoms with Crippen LogP contribution in [0.1, 0.15) is 37.7 Å². The van der Waals surface area contributed by atoms with Gasteiger partial charge in [-0.05, 0) is 74.3 Å². The van der Waals surface area contributed by atoms with Gasteiger partial charge in [-0.3, -0.25) is 4.79 Å². The Morgan fingerprint density at radius 2 is 1.81 bits per heavy atom. The van der Waals surface area contributed by atoms with E-state index in [0.717, 1.165) is 43.1 Å². The largest absolute Gasteiger partial charge is 0.490 e. The number of carbonyl (C=O) groups excluding carboxylic acids is 1. The molecule has 26 heavy (non-hydrogen) atoms. The van der Waals surface area contributed by atoms with Crippen LogP contribution in [0.25, 0.3) is 0 Å². The molecule has 0 aliphatic heterocycles. The van der Waals surface area contributed by atoms with Crippen LogP contribution in [0.3, 0.4) is 0 Å². The maximum Gasteiger partial charge on any atom is 0.252 e. The van der Waals surface area contributed by atoms with Gasteiger partial charge in [0.1, 0.15) is 12.4 Å². The summed E-state index contributed by atoms with van der Waals surface area (Å²) < 4.78 is 5.56. The normalized spacial score (nSPS) is 36.0. The van der Waals surface area contributed by atoms with E-state index >= 15 is 0 Å². The first kappa shape index (κ1) is 17.8. The SMILES string of the molecule is Cc1ccccc1OCC(O)C(=O)NCC1(O)C2CC3CC(C2)CC1C3. The van der Waals surface area contributed by atoms with E-state index in [1.165, 1.54) is 6.42 Å². The van der Waals surface area contributed by atoms with E-state index in [4.69, 9.17) is 4.74 Å². The highest BCUT2D eigenvalue weighted by molar-refractivity contribution is 5.80. The smallest absolute Gasteiger partial charge is 0.252 e. The van der Waals surface area contributed by atoms with Crippen LogP contribution in [0.5, 0.6) is 5.75 Å². The molecule has 0 aromatic heterocycles. The first-order chi connectivity index (χ1) is 12.5. The zero-order valence-electron chi connectivity index (χ0n) is 15.4. The van der Waals surface area contributed by atoms with E-state index in [-0.39, 0.29) is 13.2 Å². The van der Waals surface area contributed by atoms with Crippen LogP contribution >= 0.6 is 0 Å². The number of hydrogen-bond donors (Lipinski definition) is 3. The molecule has 1 aromatic carbocycles. The lowest BCUT2D eigenvalue weighted by Crippen LogP contribution is -2.62. The van der Waals surface area contributed by atoms with Crippen LogP contribution < -0.4 is 10.1 Å². The van der Waals surface area contributed by atoms with Crippen molar-refractivity contribution in [1.82, 2.24) is 5.32 Å². The average molecular weight is 359 g/mol. The number of benzene rings is 1. The molecule has 5 heteroatoms. The number of aliphatic hydroxyl groups is 2. The van der Waals surface area contributed by atoms with Gasteiger partial charge >= 0.3 is 0 Å². The summed E-state index contributed by atoms with van der Waals surface area (Å²) in [6, 6.07) is 7.51. The number of carbonyl (C=O) groups is 1. The second kappa shape index (κ2) is 6.86. The van der Waals surface area contributed by atoms with Gasteiger partial charge in [0.2, 0.25) is 0 Å². The van der Waals surface area contributed by atoms with Crippen molar-refractivity contribution in [1.29, 1.82) is 0 Å². The second-order valence-electron chi connectivity index (χ2n) is 8.61. The van der Waals surface area contributed by atoms with E-state index in [1.807, 2.05) is 31.2 Å². The number of hydrogen-bond acceptors (Lipinski definition) is 4. The van der Waals surface area contributed by atoms with Gasteiger partial charge in [-0.25, -0.2) is 0 Å². The maximum atomic E-state index is 12.3. The minimum absolute atomic E-state index is 0.0912. The lowest BCUT2D eigenvalue weighted by atomic mass is 9.50. The van der Waals surface area contributed by atoms with E-state index in [9.17, 15) is 15.0 Å². The Kier molecular flexibility index (Phi) is 4.70. The molecule has 4 bridgehead atoms. The lowest BCUT2D eigenvalue weighted by Gasteiger charge is -2.59. The fraction of sp³-hybridized carbons (Fsp3) is 0.667. The van der Waals surface area contributed by atoms with Crippen molar-refractivity contribution < 1.29 is 19.7 Å². The highest BCUT2D eigenvalue weighted by atomic mass is 16.5. The van der Waals surface area contributed by atoms with Crippen molar-refractivity contribution in [2.45, 2.75) is 50.7 Å². The predicted molar refractivity (Wildman–Crippen MR) is 97.7 cm³/mol. The summed E-state index contributed by atoms with van der Waals surface area (Å²) in [4.78, 5) is 12.3. The highest BCUT2D eigenvalue weighted by Gasteiger charge is 2.56. The molecule has 4 fully saturated rings. The minimum Gasteiger partial charge on any atom is -0.490 e. The van der Waals surface area contributed by atoms with Gasteiger partial charge in [0, 0.05) is 6.54 Å². The van der Waals surface area contributed by atoms with Gasteiger partial charge in [0.05, 0.1) is 5.60 Å². The third kappa shape index (κ3) is 3.23. The van der Waals surface area contributed by atoms with Crippen molar-refractivity contribution in [3.05, 3.63) is 29.8 Å². The molecular formula is C21H29NO4. The van der Waals surface area contributed by atoms with Crippen LogP contribution in [0, 0.1) is 30.6 Å². The molecule has 0 radical (unpaired) electrons. The third-order valence-electron chi connectivity index (χ3n) is 6.89. The van der Waals surface area contributed by atoms with Crippen LogP contribution in [-0.4, -0.2) is 41.0 Å². The number of rotatable bonds is 6. The zero-order chi connectivity index (χ0) is 18.3. The third-order valence-corrected chi connectivity index (χ3v) is 6.89. The Balaban J connectivity index is 1.30. The predicted octanol–water partition coefficient (Wildman–Crippen LogP) is 2.04. The second-order valence-corrected chi connectivity index (χ2v) is 8.61. The molecule has 0 spiro atoms. The summed E-state index contributed by atoms with van der Waals surface area (Å²) in [5, 5.41) is 24.1. The Bertz CT molecular complexity index is 646. The van der Waals surface area contributed by atoms with Crippen molar-refractivity contribution in [3.8, 4) is 5.75 Å². The Hall–Kier alpha value is -1.59. The number of nitrogens with one attached hydrogen (secondary N) is 1. The molecule has 1 atom stereocenters. The van der Waals surface area contributed by atoms with Crippen molar-refractivity contribution in [3.63, 3.8) is 0 Å². The number of ether oxygens (including phenoxy) is 1. The van der Waals surface area contributed by atoms with Gasteiger partial charge < -0.3 is 20.3 Å². The van der Waals surface area contributed by atoms with Gasteiger partial charge in [-0.1, -0.05) is 18.2 Å². The topological polar surface area (TPSA) is 78.8 Å². The quantitative estimate of drug-likeness (QED) is 0.726. The summed E-state index contributed by atoms with van der Waals surface area (Å²) in [5.41, 5.74) is 0.155. The lowest BCUT2D eigenvalue weighted by molar-refractivity contribution is -0.172. The van der Waals surface area contributed by atoms with Gasteiger partial charge in [-0.2, -0.15) is 0 Å². The number of aliphatic hydroxyl groups excluding tert-OH is 1. The van der Waals surface area contributed by atoms with E-state index < -0.39 is 17.6 Å². The van der Waals surface area contributed by atoms with Gasteiger partial charge in [-0.15, -0.1) is 0 Å². The minimum atomic E-state index is -1.24. The fourth-order valence-electron chi connectivity index (χ4n) is 5.60. The average Bonchev–Trinajstić information content (AvgIpc) is 2.63. The Morgan fingerprint density at radius 3 is 2.42 bits per heavy atom. The zero-order valence-corrected chi connectivity index (χ0v) is 15.4. The molecule has 4 saturated carbocycles. The fourth-order valence-corrected chi connectivity index (χ4v) is 5.60. The van der Waals surface area contributed by atoms with Crippen molar-refractivity contribution >= 4 is 5.91 Å². The molecule has 5 nitrogen and oxygen atoms in total. The maximum absolute atomic E-state index is 12.3. The molecule has 1 amide bonds. The summed E-state index contributed by atoms with van der Waals surface area (Å²) >= 11 is 0. The van der Waals surface area contributed by atoms with Crippen LogP contribution in [0.15, 0.2) is 24.3 Å². The summed E-state index contributed by atoms with van der Waals surface area (Å²) in [7, 11) is 0. The highest BCUT2D eigenvalue weighted by Crippen LogP contribution is 2.58. The molecule has 1 unspecified atom stereocenters. The molecule has 5 rings (SSSR count). The molecular weight excluding hydrogens is 330 g/mol. The summed E-state index contributed by atoms with van der Waals surface area (Å²) in [5.74, 6) is 2.31. The molecule has 4 aliphatic carbocycles. The molecule has 0 saturated heterocycles. The summed E-state index contributed by atoms with van der Waals surface area (Å²) in [6.07, 6.45) is 4.41. The number of aryl methyl sites for hydroxylation is 1. The first-order valence-electron chi connectivity index (χ1n) is 9.82. The van der Waals surface area contributed by atoms with E-state index in [0.29, 0.717) is 17.6 Å². The Morgan fingerprint density at radius 1 is 1.19 bits per heavy atom. The van der Waals surface area contributed by atoms with Gasteiger partial charge in [0.15, 0.2) is 6.10 Å². The Labute approximate surface area is 154 Å².